The number of esters is 4. The number of aliphatic hydroxyl groups is 1. The number of aliphatic hydroxyl groups excluding tert-OH is 1. The fourth-order valence-corrected chi connectivity index (χ4v) is 12.2. The minimum Gasteiger partial charge on any atom is -0.462 e. The normalized spacial score (nSPS) is 14.4. The number of carbonyl (C=O) groups is 4. The van der Waals surface area contributed by atoms with Crippen LogP contribution in [0.4, 0.5) is 0 Å². The third-order valence-corrected chi connectivity index (χ3v) is 18.5. The first-order chi connectivity index (χ1) is 43.1. The van der Waals surface area contributed by atoms with Crippen molar-refractivity contribution in [3.05, 3.63) is 0 Å². The van der Waals surface area contributed by atoms with E-state index < -0.39 is 97.5 Å². The van der Waals surface area contributed by atoms with Gasteiger partial charge in [0.25, 0.3) is 0 Å². The fraction of sp³-hybridized carbons (Fsp3) is 0.943. The van der Waals surface area contributed by atoms with E-state index >= 15 is 0 Å². The Morgan fingerprint density at radius 3 is 0.798 bits per heavy atom. The molecular weight excluding hydrogens is 1170 g/mol. The van der Waals surface area contributed by atoms with Crippen LogP contribution in [-0.2, 0) is 65.4 Å². The van der Waals surface area contributed by atoms with Crippen LogP contribution in [0.5, 0.6) is 0 Å². The summed E-state index contributed by atoms with van der Waals surface area (Å²) < 4.78 is 68.1. The second-order valence-corrected chi connectivity index (χ2v) is 28.4. The summed E-state index contributed by atoms with van der Waals surface area (Å²) in [4.78, 5) is 72.3. The first-order valence-electron chi connectivity index (χ1n) is 36.7. The van der Waals surface area contributed by atoms with E-state index in [4.69, 9.17) is 37.0 Å². The number of phosphoric ester groups is 2. The summed E-state index contributed by atoms with van der Waals surface area (Å²) in [5, 5.41) is 10.6. The molecule has 0 aliphatic carbocycles. The molecule has 0 radical (unpaired) electrons. The van der Waals surface area contributed by atoms with Crippen molar-refractivity contribution >= 4 is 39.5 Å². The predicted molar refractivity (Wildman–Crippen MR) is 358 cm³/mol. The summed E-state index contributed by atoms with van der Waals surface area (Å²) in [6.07, 6.45) is 50.2. The Morgan fingerprint density at radius 2 is 0.539 bits per heavy atom. The maximum absolute atomic E-state index is 13.0. The maximum atomic E-state index is 13.0. The van der Waals surface area contributed by atoms with Crippen molar-refractivity contribution < 1.29 is 80.2 Å². The van der Waals surface area contributed by atoms with Crippen LogP contribution in [-0.4, -0.2) is 96.7 Å². The maximum Gasteiger partial charge on any atom is 0.472 e. The second-order valence-electron chi connectivity index (χ2n) is 25.5. The average Bonchev–Trinajstić information content (AvgIpc) is 3.66. The van der Waals surface area contributed by atoms with Crippen LogP contribution in [0.2, 0.25) is 0 Å². The molecule has 0 aromatic heterocycles. The highest BCUT2D eigenvalue weighted by Gasteiger charge is 2.30. The molecule has 528 valence electrons. The van der Waals surface area contributed by atoms with Crippen molar-refractivity contribution in [2.24, 2.45) is 5.92 Å². The van der Waals surface area contributed by atoms with E-state index in [1.54, 1.807) is 0 Å². The number of ether oxygens (including phenoxy) is 4. The highest BCUT2D eigenvalue weighted by atomic mass is 31.2. The molecule has 89 heavy (non-hydrogen) atoms. The fourth-order valence-electron chi connectivity index (χ4n) is 10.6. The molecule has 0 aromatic carbocycles. The quantitative estimate of drug-likeness (QED) is 0.0222. The summed E-state index contributed by atoms with van der Waals surface area (Å²) in [5.41, 5.74) is 0. The minimum atomic E-state index is -4.95. The third kappa shape index (κ3) is 63.2. The number of hydrogen-bond acceptors (Lipinski definition) is 15. The lowest BCUT2D eigenvalue weighted by molar-refractivity contribution is -0.161. The van der Waals surface area contributed by atoms with E-state index in [-0.39, 0.29) is 25.7 Å². The molecule has 0 heterocycles. The van der Waals surface area contributed by atoms with E-state index in [0.717, 1.165) is 109 Å². The van der Waals surface area contributed by atoms with Crippen molar-refractivity contribution in [3.63, 3.8) is 0 Å². The lowest BCUT2D eigenvalue weighted by Crippen LogP contribution is -2.30. The largest absolute Gasteiger partial charge is 0.472 e. The Hall–Kier alpha value is -1.94. The van der Waals surface area contributed by atoms with Crippen LogP contribution in [0.15, 0.2) is 0 Å². The predicted octanol–water partition coefficient (Wildman–Crippen LogP) is 20.1. The van der Waals surface area contributed by atoms with Crippen LogP contribution in [0.25, 0.3) is 0 Å². The van der Waals surface area contributed by atoms with Crippen molar-refractivity contribution in [3.8, 4) is 0 Å². The van der Waals surface area contributed by atoms with E-state index in [0.29, 0.717) is 25.7 Å². The molecule has 0 rings (SSSR count). The zero-order chi connectivity index (χ0) is 65.6. The molecule has 0 saturated heterocycles. The topological polar surface area (TPSA) is 237 Å². The van der Waals surface area contributed by atoms with Gasteiger partial charge in [-0.15, -0.1) is 0 Å². The van der Waals surface area contributed by atoms with Gasteiger partial charge in [-0.3, -0.25) is 37.3 Å². The van der Waals surface area contributed by atoms with E-state index in [1.165, 1.54) is 173 Å². The highest BCUT2D eigenvalue weighted by molar-refractivity contribution is 7.47. The van der Waals surface area contributed by atoms with Crippen LogP contribution >= 0.6 is 15.6 Å². The number of unbranched alkanes of at least 4 members (excludes halogenated alkanes) is 41. The lowest BCUT2D eigenvalue weighted by atomic mass is 9.99. The molecule has 17 nitrogen and oxygen atoms in total. The average molecular weight is 1310 g/mol. The van der Waals surface area contributed by atoms with Gasteiger partial charge in [-0.05, 0) is 31.6 Å². The molecule has 0 saturated carbocycles. The van der Waals surface area contributed by atoms with Crippen molar-refractivity contribution in [2.75, 3.05) is 39.6 Å². The number of carbonyl (C=O) groups excluding carboxylic acids is 4. The van der Waals surface area contributed by atoms with Crippen molar-refractivity contribution in [2.45, 2.75) is 380 Å². The van der Waals surface area contributed by atoms with E-state index in [9.17, 15) is 43.2 Å². The Bertz CT molecular complexity index is 1720. The van der Waals surface area contributed by atoms with Gasteiger partial charge in [-0.2, -0.15) is 0 Å². The molecule has 0 aliphatic heterocycles. The standard InChI is InChI=1S/C70H136O17P2/c1-6-10-13-16-19-22-23-24-25-26-27-28-29-30-31-32-33-34-41-46-51-56-70(75)87-66(60-81-68(73)54-49-44-40-36-35-37-42-47-52-63(5)9-4)62-85-89(78,79)83-58-64(71)57-82-88(76,77)84-61-65(86-69(74)55-50-45-39-21-18-15-12-8-3)59-80-67(72)53-48-43-38-20-17-14-11-7-2/h63-66,71H,6-62H2,1-5H3,(H,76,77)(H,78,79)/t63?,64-,65+,66+/m0/s1. The molecule has 3 N–H and O–H groups in total. The number of rotatable bonds is 70. The first kappa shape index (κ1) is 87.1. The zero-order valence-corrected chi connectivity index (χ0v) is 59.4. The molecule has 0 bridgehead atoms. The monoisotopic (exact) mass is 1310 g/mol. The molecule has 0 fully saturated rings. The molecule has 19 heteroatoms. The van der Waals surface area contributed by atoms with Gasteiger partial charge in [0, 0.05) is 25.7 Å². The van der Waals surface area contributed by atoms with Gasteiger partial charge in [0.15, 0.2) is 12.2 Å². The summed E-state index contributed by atoms with van der Waals surface area (Å²) in [5.74, 6) is -1.35. The van der Waals surface area contributed by atoms with Gasteiger partial charge in [-0.1, -0.05) is 311 Å². The van der Waals surface area contributed by atoms with Crippen LogP contribution in [0, 0.1) is 5.92 Å². The second kappa shape index (κ2) is 63.5. The number of hydrogen-bond donors (Lipinski definition) is 3. The van der Waals surface area contributed by atoms with E-state index in [2.05, 4.69) is 34.6 Å². The minimum absolute atomic E-state index is 0.105. The molecular formula is C70H136O17P2. The number of phosphoric acid groups is 2. The van der Waals surface area contributed by atoms with Crippen LogP contribution in [0.1, 0.15) is 362 Å². The molecule has 3 unspecified atom stereocenters. The third-order valence-electron chi connectivity index (χ3n) is 16.6. The summed E-state index contributed by atoms with van der Waals surface area (Å²) in [7, 11) is -9.89. The first-order valence-corrected chi connectivity index (χ1v) is 39.7. The summed E-state index contributed by atoms with van der Waals surface area (Å²) >= 11 is 0. The Balaban J connectivity index is 5.13. The van der Waals surface area contributed by atoms with Crippen LogP contribution in [0.3, 0.4) is 0 Å². The van der Waals surface area contributed by atoms with Gasteiger partial charge >= 0.3 is 39.5 Å². The molecule has 0 aromatic rings. The van der Waals surface area contributed by atoms with Gasteiger partial charge in [0.2, 0.25) is 0 Å². The van der Waals surface area contributed by atoms with Crippen molar-refractivity contribution in [1.82, 2.24) is 0 Å². The van der Waals surface area contributed by atoms with Gasteiger partial charge in [0.05, 0.1) is 26.4 Å². The smallest absolute Gasteiger partial charge is 0.462 e. The molecule has 0 amide bonds. The van der Waals surface area contributed by atoms with Crippen molar-refractivity contribution in [1.29, 1.82) is 0 Å². The SMILES string of the molecule is CCCCCCCCCCCCCCCCCCCCCCCC(=O)O[C@H](COC(=O)CCCCCCCCCCC(C)CC)COP(=O)(O)OC[C@@H](O)COP(=O)(O)OC[C@@H](COC(=O)CCCCCCCCCC)OC(=O)CCCCCCCCCC. The molecule has 6 atom stereocenters. The highest BCUT2D eigenvalue weighted by Crippen LogP contribution is 2.45. The summed E-state index contributed by atoms with van der Waals surface area (Å²) in [6, 6.07) is 0. The Kier molecular flexibility index (Phi) is 62.1. The molecule has 0 spiro atoms. The van der Waals surface area contributed by atoms with E-state index in [1.807, 2.05) is 0 Å². The van der Waals surface area contributed by atoms with Gasteiger partial charge < -0.3 is 33.8 Å². The molecule has 0 aliphatic rings. The Morgan fingerprint density at radius 1 is 0.315 bits per heavy atom. The lowest BCUT2D eigenvalue weighted by Gasteiger charge is -2.21. The Labute approximate surface area is 543 Å². The van der Waals surface area contributed by atoms with Gasteiger partial charge in [0.1, 0.15) is 19.3 Å². The summed E-state index contributed by atoms with van der Waals surface area (Å²) in [6.45, 7) is 7.19. The van der Waals surface area contributed by atoms with Gasteiger partial charge in [-0.25, -0.2) is 9.13 Å². The van der Waals surface area contributed by atoms with Crippen LogP contribution < -0.4 is 0 Å². The zero-order valence-electron chi connectivity index (χ0n) is 57.6.